The summed E-state index contributed by atoms with van der Waals surface area (Å²) < 4.78 is 26.5. The fourth-order valence-corrected chi connectivity index (χ4v) is 4.59. The number of nitro benzene ring substituents is 1. The van der Waals surface area contributed by atoms with Crippen molar-refractivity contribution in [3.63, 3.8) is 0 Å². The molecule has 2 aromatic heterocycles. The van der Waals surface area contributed by atoms with E-state index in [0.717, 1.165) is 16.1 Å². The highest BCUT2D eigenvalue weighted by atomic mass is 35.5. The summed E-state index contributed by atoms with van der Waals surface area (Å²) in [6.07, 6.45) is 1.23. The molecule has 0 aliphatic carbocycles. The number of nitrogens with zero attached hydrogens (tertiary/aromatic N) is 4. The van der Waals surface area contributed by atoms with Gasteiger partial charge >= 0.3 is 5.69 Å². The van der Waals surface area contributed by atoms with Crippen LogP contribution in [-0.4, -0.2) is 20.8 Å². The molecule has 0 atom stereocenters. The van der Waals surface area contributed by atoms with E-state index in [1.54, 1.807) is 42.5 Å². The molecule has 41 heavy (non-hydrogen) atoms. The second-order valence-corrected chi connectivity index (χ2v) is 9.42. The minimum Gasteiger partial charge on any atom is -0.481 e. The van der Waals surface area contributed by atoms with Crippen molar-refractivity contribution in [2.24, 2.45) is 5.10 Å². The number of benzene rings is 4. The summed E-state index contributed by atoms with van der Waals surface area (Å²) in [5, 5.41) is 17.4. The lowest BCUT2D eigenvalue weighted by Gasteiger charge is -2.11. The maximum atomic E-state index is 13.7. The predicted molar refractivity (Wildman–Crippen MR) is 153 cm³/mol. The number of hydrogen-bond donors (Lipinski definition) is 0. The quantitative estimate of drug-likeness (QED) is 0.117. The molecular weight excluding hydrogens is 551 g/mol. The van der Waals surface area contributed by atoms with Crippen LogP contribution in [0.3, 0.4) is 0 Å². The average Bonchev–Trinajstić information content (AvgIpc) is 3.40. The average molecular weight is 569 g/mol. The molecule has 0 aliphatic heterocycles. The van der Waals surface area contributed by atoms with Crippen LogP contribution in [0.15, 0.2) is 105 Å². The molecular formula is C30H18ClFN4O5. The first-order valence-corrected chi connectivity index (χ1v) is 12.7. The molecule has 6 rings (SSSR count). The van der Waals surface area contributed by atoms with E-state index in [1.165, 1.54) is 30.5 Å². The van der Waals surface area contributed by atoms with E-state index < -0.39 is 22.0 Å². The molecule has 0 spiro atoms. The predicted octanol–water partition coefficient (Wildman–Crippen LogP) is 6.97. The lowest BCUT2D eigenvalue weighted by atomic mass is 10.1. The summed E-state index contributed by atoms with van der Waals surface area (Å²) in [5.74, 6) is -0.204. The zero-order valence-electron chi connectivity index (χ0n) is 21.0. The molecule has 11 heteroatoms. The van der Waals surface area contributed by atoms with Crippen molar-refractivity contribution < 1.29 is 18.5 Å². The van der Waals surface area contributed by atoms with E-state index in [2.05, 4.69) is 10.1 Å². The van der Waals surface area contributed by atoms with Gasteiger partial charge in [0, 0.05) is 22.0 Å². The topological polar surface area (TPSA) is 113 Å². The molecule has 0 bridgehead atoms. The molecule has 0 aliphatic rings. The largest absolute Gasteiger partial charge is 0.481 e. The van der Waals surface area contributed by atoms with Crippen LogP contribution < -0.4 is 10.3 Å². The number of furan rings is 1. The maximum absolute atomic E-state index is 13.7. The number of aromatic nitrogens is 2. The van der Waals surface area contributed by atoms with Crippen molar-refractivity contribution in [3.05, 3.63) is 133 Å². The Labute approximate surface area is 235 Å². The standard InChI is InChI=1S/C30H18ClFN4O5/c31-21-13-20(28(25(15-21)36(38)39)40-17-18-6-5-8-22(32)12-18)16-33-35-29(27-14-19-7-1-4-11-26(19)41-27)34-24-10-3-2-9-23(24)30(35)37/h1-16H,17H2. The van der Waals surface area contributed by atoms with Crippen molar-refractivity contribution in [1.29, 1.82) is 0 Å². The first-order valence-electron chi connectivity index (χ1n) is 12.3. The molecule has 202 valence electrons. The van der Waals surface area contributed by atoms with Crippen LogP contribution in [0.2, 0.25) is 5.02 Å². The maximum Gasteiger partial charge on any atom is 0.313 e. The highest BCUT2D eigenvalue weighted by molar-refractivity contribution is 6.31. The Morgan fingerprint density at radius 1 is 1.05 bits per heavy atom. The lowest BCUT2D eigenvalue weighted by Crippen LogP contribution is -2.20. The van der Waals surface area contributed by atoms with Crippen molar-refractivity contribution in [3.8, 4) is 17.3 Å². The molecule has 0 N–H and O–H groups in total. The van der Waals surface area contributed by atoms with Crippen molar-refractivity contribution in [1.82, 2.24) is 9.66 Å². The molecule has 4 aromatic carbocycles. The number of halogens is 2. The minimum atomic E-state index is -0.645. The van der Waals surface area contributed by atoms with Crippen molar-refractivity contribution >= 4 is 45.4 Å². The van der Waals surface area contributed by atoms with Gasteiger partial charge in [-0.15, -0.1) is 0 Å². The van der Waals surface area contributed by atoms with Gasteiger partial charge in [-0.1, -0.05) is 54.1 Å². The Morgan fingerprint density at radius 3 is 2.66 bits per heavy atom. The lowest BCUT2D eigenvalue weighted by molar-refractivity contribution is -0.385. The summed E-state index contributed by atoms with van der Waals surface area (Å²) >= 11 is 6.20. The Hall–Kier alpha value is -5.35. The number of rotatable bonds is 7. The number of para-hydroxylation sites is 2. The van der Waals surface area contributed by atoms with Gasteiger partial charge in [-0.3, -0.25) is 14.9 Å². The summed E-state index contributed by atoms with van der Waals surface area (Å²) in [7, 11) is 0. The van der Waals surface area contributed by atoms with Gasteiger partial charge in [0.05, 0.1) is 22.0 Å². The molecule has 0 unspecified atom stereocenters. The van der Waals surface area contributed by atoms with Crippen LogP contribution in [0.1, 0.15) is 11.1 Å². The summed E-state index contributed by atoms with van der Waals surface area (Å²) in [6.45, 7) is -0.164. The summed E-state index contributed by atoms with van der Waals surface area (Å²) in [4.78, 5) is 29.5. The number of hydrogen-bond acceptors (Lipinski definition) is 7. The van der Waals surface area contributed by atoms with Crippen LogP contribution in [0.4, 0.5) is 10.1 Å². The summed E-state index contributed by atoms with van der Waals surface area (Å²) in [6, 6.07) is 24.1. The fourth-order valence-electron chi connectivity index (χ4n) is 4.37. The van der Waals surface area contributed by atoms with E-state index in [1.807, 2.05) is 18.2 Å². The van der Waals surface area contributed by atoms with Crippen molar-refractivity contribution in [2.45, 2.75) is 6.61 Å². The first kappa shape index (κ1) is 25.9. The van der Waals surface area contributed by atoms with Gasteiger partial charge in [-0.2, -0.15) is 9.78 Å². The van der Waals surface area contributed by atoms with Gasteiger partial charge in [0.15, 0.2) is 5.76 Å². The zero-order chi connectivity index (χ0) is 28.5. The van der Waals surface area contributed by atoms with Gasteiger partial charge in [-0.25, -0.2) is 9.37 Å². The Morgan fingerprint density at radius 2 is 1.85 bits per heavy atom. The van der Waals surface area contributed by atoms with Crippen LogP contribution in [-0.2, 0) is 6.61 Å². The van der Waals surface area contributed by atoms with Crippen LogP contribution >= 0.6 is 11.6 Å². The Bertz CT molecular complexity index is 2020. The third-order valence-electron chi connectivity index (χ3n) is 6.24. The van der Waals surface area contributed by atoms with E-state index in [9.17, 15) is 19.3 Å². The second kappa shape index (κ2) is 10.7. The second-order valence-electron chi connectivity index (χ2n) is 8.98. The normalized spacial score (nSPS) is 11.5. The SMILES string of the molecule is O=c1c2ccccc2nc(-c2cc3ccccc3o2)n1N=Cc1cc(Cl)cc([N+](=O)[O-])c1OCc1cccc(F)c1. The summed E-state index contributed by atoms with van der Waals surface area (Å²) in [5.41, 5.74) is 0.712. The Kier molecular flexibility index (Phi) is 6.74. The van der Waals surface area contributed by atoms with Gasteiger partial charge in [0.2, 0.25) is 11.6 Å². The van der Waals surface area contributed by atoms with E-state index in [4.69, 9.17) is 20.8 Å². The number of nitro groups is 1. The highest BCUT2D eigenvalue weighted by Gasteiger charge is 2.22. The third kappa shape index (κ3) is 5.15. The van der Waals surface area contributed by atoms with Crippen LogP contribution in [0.25, 0.3) is 33.5 Å². The van der Waals surface area contributed by atoms with Gasteiger partial charge < -0.3 is 9.15 Å². The fraction of sp³-hybridized carbons (Fsp3) is 0.0333. The molecule has 0 fully saturated rings. The van der Waals surface area contributed by atoms with Crippen LogP contribution in [0.5, 0.6) is 5.75 Å². The minimum absolute atomic E-state index is 0.0535. The molecule has 2 heterocycles. The van der Waals surface area contributed by atoms with E-state index in [-0.39, 0.29) is 28.8 Å². The van der Waals surface area contributed by atoms with E-state index in [0.29, 0.717) is 27.8 Å². The molecule has 9 nitrogen and oxygen atoms in total. The molecule has 0 saturated heterocycles. The smallest absolute Gasteiger partial charge is 0.313 e. The molecule has 0 radical (unpaired) electrons. The van der Waals surface area contributed by atoms with Gasteiger partial charge in [-0.05, 0) is 48.0 Å². The first-order chi connectivity index (χ1) is 19.9. The van der Waals surface area contributed by atoms with Gasteiger partial charge in [0.25, 0.3) is 5.56 Å². The third-order valence-corrected chi connectivity index (χ3v) is 6.46. The molecule has 6 aromatic rings. The molecule has 0 saturated carbocycles. The molecule has 0 amide bonds. The number of fused-ring (bicyclic) bond motifs is 2. The number of ether oxygens (including phenoxy) is 1. The van der Waals surface area contributed by atoms with Crippen molar-refractivity contribution in [2.75, 3.05) is 0 Å². The Balaban J connectivity index is 1.49. The zero-order valence-corrected chi connectivity index (χ0v) is 21.8. The highest BCUT2D eigenvalue weighted by Crippen LogP contribution is 2.35. The monoisotopic (exact) mass is 568 g/mol. The van der Waals surface area contributed by atoms with Crippen LogP contribution in [0, 0.1) is 15.9 Å². The van der Waals surface area contributed by atoms with E-state index >= 15 is 0 Å². The van der Waals surface area contributed by atoms with Gasteiger partial charge in [0.1, 0.15) is 18.0 Å².